The highest BCUT2D eigenvalue weighted by molar-refractivity contribution is 5.97. The van der Waals surface area contributed by atoms with Gasteiger partial charge in [-0.05, 0) is 30.7 Å². The third-order valence-electron chi connectivity index (χ3n) is 3.59. The van der Waals surface area contributed by atoms with Crippen LogP contribution in [-0.4, -0.2) is 27.2 Å². The van der Waals surface area contributed by atoms with E-state index in [-0.39, 0.29) is 5.91 Å². The fourth-order valence-electron chi connectivity index (χ4n) is 2.35. The SMILES string of the molecule is COc1cc(C(=O)NCc2ccccc2OC)c(OC)cc1C. The largest absolute Gasteiger partial charge is 0.496 e. The average Bonchev–Trinajstić information content (AvgIpc) is 2.59. The van der Waals surface area contributed by atoms with Crippen molar-refractivity contribution in [3.05, 3.63) is 53.1 Å². The van der Waals surface area contributed by atoms with E-state index in [1.54, 1.807) is 26.4 Å². The number of carbonyl (C=O) groups is 1. The van der Waals surface area contributed by atoms with E-state index in [2.05, 4.69) is 5.32 Å². The van der Waals surface area contributed by atoms with Gasteiger partial charge in [0.2, 0.25) is 0 Å². The molecule has 0 spiro atoms. The Morgan fingerprint density at radius 3 is 2.26 bits per heavy atom. The second-order valence-electron chi connectivity index (χ2n) is 5.02. The predicted octanol–water partition coefficient (Wildman–Crippen LogP) is 2.95. The van der Waals surface area contributed by atoms with Crippen LogP contribution in [0.25, 0.3) is 0 Å². The molecule has 5 heteroatoms. The molecule has 2 aromatic rings. The number of amides is 1. The smallest absolute Gasteiger partial charge is 0.255 e. The molecule has 23 heavy (non-hydrogen) atoms. The van der Waals surface area contributed by atoms with Crippen molar-refractivity contribution < 1.29 is 19.0 Å². The van der Waals surface area contributed by atoms with Crippen molar-refractivity contribution in [1.29, 1.82) is 0 Å². The van der Waals surface area contributed by atoms with E-state index < -0.39 is 0 Å². The summed E-state index contributed by atoms with van der Waals surface area (Å²) in [5, 5.41) is 2.88. The zero-order valence-electron chi connectivity index (χ0n) is 13.8. The molecule has 0 unspecified atom stereocenters. The van der Waals surface area contributed by atoms with Crippen molar-refractivity contribution in [3.63, 3.8) is 0 Å². The molecule has 0 heterocycles. The Morgan fingerprint density at radius 1 is 0.957 bits per heavy atom. The molecule has 0 bridgehead atoms. The van der Waals surface area contributed by atoms with Crippen molar-refractivity contribution in [2.45, 2.75) is 13.5 Å². The Kier molecular flexibility index (Phi) is 5.46. The molecule has 0 saturated carbocycles. The normalized spacial score (nSPS) is 10.1. The molecule has 2 aromatic carbocycles. The van der Waals surface area contributed by atoms with Crippen molar-refractivity contribution in [3.8, 4) is 17.2 Å². The van der Waals surface area contributed by atoms with Gasteiger partial charge in [0.15, 0.2) is 0 Å². The summed E-state index contributed by atoms with van der Waals surface area (Å²) in [4.78, 5) is 12.5. The van der Waals surface area contributed by atoms with Crippen LogP contribution in [-0.2, 0) is 6.54 Å². The van der Waals surface area contributed by atoms with Gasteiger partial charge in [0.1, 0.15) is 17.2 Å². The highest BCUT2D eigenvalue weighted by Gasteiger charge is 2.16. The third-order valence-corrected chi connectivity index (χ3v) is 3.59. The van der Waals surface area contributed by atoms with Crippen LogP contribution >= 0.6 is 0 Å². The van der Waals surface area contributed by atoms with Crippen LogP contribution < -0.4 is 19.5 Å². The maximum Gasteiger partial charge on any atom is 0.255 e. The second-order valence-corrected chi connectivity index (χ2v) is 5.02. The van der Waals surface area contributed by atoms with Crippen LogP contribution in [0.4, 0.5) is 0 Å². The van der Waals surface area contributed by atoms with Crippen LogP contribution in [0.2, 0.25) is 0 Å². The highest BCUT2D eigenvalue weighted by Crippen LogP contribution is 2.28. The summed E-state index contributed by atoms with van der Waals surface area (Å²) in [7, 11) is 4.72. The molecular formula is C18H21NO4. The van der Waals surface area contributed by atoms with E-state index >= 15 is 0 Å². The fraction of sp³-hybridized carbons (Fsp3) is 0.278. The van der Waals surface area contributed by atoms with E-state index in [9.17, 15) is 4.79 Å². The van der Waals surface area contributed by atoms with Gasteiger partial charge in [-0.15, -0.1) is 0 Å². The highest BCUT2D eigenvalue weighted by atomic mass is 16.5. The summed E-state index contributed by atoms with van der Waals surface area (Å²) in [6.45, 7) is 2.26. The van der Waals surface area contributed by atoms with Gasteiger partial charge in [-0.3, -0.25) is 4.79 Å². The lowest BCUT2D eigenvalue weighted by Gasteiger charge is -2.14. The molecule has 5 nitrogen and oxygen atoms in total. The van der Waals surface area contributed by atoms with E-state index in [1.165, 1.54) is 7.11 Å². The van der Waals surface area contributed by atoms with Gasteiger partial charge in [-0.25, -0.2) is 0 Å². The number of nitrogens with one attached hydrogen (secondary N) is 1. The molecule has 122 valence electrons. The van der Waals surface area contributed by atoms with Crippen LogP contribution in [0.15, 0.2) is 36.4 Å². The Hall–Kier alpha value is -2.69. The number of methoxy groups -OCH3 is 3. The summed E-state index contributed by atoms with van der Waals surface area (Å²) in [5.74, 6) is 1.67. The molecule has 1 amide bonds. The molecule has 0 aromatic heterocycles. The van der Waals surface area contributed by atoms with Crippen LogP contribution in [0.5, 0.6) is 17.2 Å². The molecular weight excluding hydrogens is 294 g/mol. The number of benzene rings is 2. The van der Waals surface area contributed by atoms with Crippen molar-refractivity contribution in [2.75, 3.05) is 21.3 Å². The molecule has 0 fully saturated rings. The Bertz CT molecular complexity index is 697. The van der Waals surface area contributed by atoms with Gasteiger partial charge in [0.25, 0.3) is 5.91 Å². The minimum Gasteiger partial charge on any atom is -0.496 e. The number of para-hydroxylation sites is 1. The van der Waals surface area contributed by atoms with Crippen LogP contribution in [0.1, 0.15) is 21.5 Å². The number of ether oxygens (including phenoxy) is 3. The molecule has 0 saturated heterocycles. The predicted molar refractivity (Wildman–Crippen MR) is 88.4 cm³/mol. The van der Waals surface area contributed by atoms with Crippen molar-refractivity contribution in [2.24, 2.45) is 0 Å². The minimum atomic E-state index is -0.231. The summed E-state index contributed by atoms with van der Waals surface area (Å²) in [6.07, 6.45) is 0. The number of aryl methyl sites for hydroxylation is 1. The summed E-state index contributed by atoms with van der Waals surface area (Å²) in [5.41, 5.74) is 2.25. The number of rotatable bonds is 6. The first-order valence-electron chi connectivity index (χ1n) is 7.23. The topological polar surface area (TPSA) is 56.8 Å². The molecule has 1 N–H and O–H groups in total. The first-order chi connectivity index (χ1) is 11.1. The van der Waals surface area contributed by atoms with Crippen LogP contribution in [0.3, 0.4) is 0 Å². The van der Waals surface area contributed by atoms with E-state index in [0.29, 0.717) is 23.6 Å². The molecule has 2 rings (SSSR count). The van der Waals surface area contributed by atoms with Gasteiger partial charge in [-0.2, -0.15) is 0 Å². The molecule has 0 atom stereocenters. The van der Waals surface area contributed by atoms with E-state index in [0.717, 1.165) is 16.9 Å². The third kappa shape index (κ3) is 3.74. The average molecular weight is 315 g/mol. The first kappa shape index (κ1) is 16.7. The minimum absolute atomic E-state index is 0.231. The number of carbonyl (C=O) groups excluding carboxylic acids is 1. The lowest BCUT2D eigenvalue weighted by molar-refractivity contribution is 0.0947. The van der Waals surface area contributed by atoms with Crippen LogP contribution in [0, 0.1) is 6.92 Å². The Balaban J connectivity index is 2.20. The van der Waals surface area contributed by atoms with Gasteiger partial charge < -0.3 is 19.5 Å². The summed E-state index contributed by atoms with van der Waals surface area (Å²) >= 11 is 0. The Labute approximate surface area is 136 Å². The van der Waals surface area contributed by atoms with Crippen molar-refractivity contribution >= 4 is 5.91 Å². The quantitative estimate of drug-likeness (QED) is 0.890. The lowest BCUT2D eigenvalue weighted by Crippen LogP contribution is -2.23. The first-order valence-corrected chi connectivity index (χ1v) is 7.23. The fourth-order valence-corrected chi connectivity index (χ4v) is 2.35. The van der Waals surface area contributed by atoms with E-state index in [1.807, 2.05) is 31.2 Å². The van der Waals surface area contributed by atoms with Crippen molar-refractivity contribution in [1.82, 2.24) is 5.32 Å². The zero-order valence-corrected chi connectivity index (χ0v) is 13.8. The van der Waals surface area contributed by atoms with Gasteiger partial charge in [-0.1, -0.05) is 18.2 Å². The second kappa shape index (κ2) is 7.54. The molecule has 0 aliphatic carbocycles. The maximum atomic E-state index is 12.5. The number of hydrogen-bond acceptors (Lipinski definition) is 4. The van der Waals surface area contributed by atoms with Gasteiger partial charge in [0, 0.05) is 12.1 Å². The standard InChI is InChI=1S/C18H21NO4/c1-12-9-17(23-4)14(10-16(12)22-3)18(20)19-11-13-7-5-6-8-15(13)21-2/h5-10H,11H2,1-4H3,(H,19,20). The molecule has 0 aliphatic rings. The van der Waals surface area contributed by atoms with Gasteiger partial charge in [0.05, 0.1) is 26.9 Å². The summed E-state index contributed by atoms with van der Waals surface area (Å²) < 4.78 is 15.9. The summed E-state index contributed by atoms with van der Waals surface area (Å²) in [6, 6.07) is 11.0. The van der Waals surface area contributed by atoms with E-state index in [4.69, 9.17) is 14.2 Å². The zero-order chi connectivity index (χ0) is 16.8. The molecule has 0 radical (unpaired) electrons. The molecule has 0 aliphatic heterocycles. The monoisotopic (exact) mass is 315 g/mol. The number of hydrogen-bond donors (Lipinski definition) is 1. The Morgan fingerprint density at radius 2 is 1.61 bits per heavy atom. The maximum absolute atomic E-state index is 12.5. The van der Waals surface area contributed by atoms with Gasteiger partial charge >= 0.3 is 0 Å². The lowest BCUT2D eigenvalue weighted by atomic mass is 10.1.